The highest BCUT2D eigenvalue weighted by Gasteiger charge is 2.90. The van der Waals surface area contributed by atoms with Crippen LogP contribution in [0.2, 0.25) is 0 Å². The van der Waals surface area contributed by atoms with Crippen LogP contribution < -0.4 is 0 Å². The normalized spacial score (nSPS) is 22.4. The largest absolute Gasteiger partial charge is 0.525 e. The fraction of sp³-hybridized carbons (Fsp3) is 1.00. The smallest absolute Gasteiger partial charge is 0.260 e. The van der Waals surface area contributed by atoms with E-state index in [1.165, 1.54) is 4.74 Å². The second-order valence-corrected chi connectivity index (χ2v) is 7.57. The molecule has 34 heavy (non-hydrogen) atoms. The number of hydrogen-bond acceptors (Lipinski definition) is 2. The number of alkyl halides is 22. The lowest BCUT2D eigenvalue weighted by molar-refractivity contribution is -0.527. The van der Waals surface area contributed by atoms with Gasteiger partial charge in [0, 0.05) is 0 Å². The first-order chi connectivity index (χ1) is 14.2. The first-order valence-electron chi connectivity index (χ1n) is 6.72. The van der Waals surface area contributed by atoms with Crippen LogP contribution in [0.3, 0.4) is 0 Å². The maximum atomic E-state index is 13.9. The van der Waals surface area contributed by atoms with Crippen molar-refractivity contribution in [2.45, 2.75) is 57.3 Å². The molecule has 0 N–H and O–H groups in total. The van der Waals surface area contributed by atoms with E-state index in [1.54, 1.807) is 4.74 Å². The van der Waals surface area contributed by atoms with Crippen molar-refractivity contribution in [2.24, 2.45) is 0 Å². The van der Waals surface area contributed by atoms with E-state index in [1.807, 2.05) is 0 Å². The first-order valence-corrected chi connectivity index (χ1v) is 8.24. The Balaban J connectivity index is 6.73. The monoisotopic (exact) mass is 634 g/mol. The molecule has 4 unspecified atom stereocenters. The molecule has 4 atom stereocenters. The molecule has 0 aliphatic carbocycles. The van der Waals surface area contributed by atoms with Crippen molar-refractivity contribution in [3.8, 4) is 0 Å². The minimum Gasteiger partial charge on any atom is -0.260 e. The summed E-state index contributed by atoms with van der Waals surface area (Å²) in [6.07, 6.45) is -23.1. The predicted octanol–water partition coefficient (Wildman–Crippen LogP) is 8.13. The molecule has 0 aromatic heterocycles. The van der Waals surface area contributed by atoms with Crippen molar-refractivity contribution in [3.63, 3.8) is 0 Å². The second-order valence-electron chi connectivity index (χ2n) is 5.57. The highest BCUT2D eigenvalue weighted by molar-refractivity contribution is 6.41. The van der Waals surface area contributed by atoms with E-state index in [4.69, 9.17) is 0 Å². The van der Waals surface area contributed by atoms with Crippen molar-refractivity contribution in [2.75, 3.05) is 0 Å². The highest BCUT2D eigenvalue weighted by atomic mass is 35.5. The van der Waals surface area contributed by atoms with Crippen LogP contribution in [0.5, 0.6) is 0 Å². The Hall–Kier alpha value is -0.180. The molecule has 0 rings (SSSR count). The fourth-order valence-electron chi connectivity index (χ4n) is 1.49. The first kappa shape index (κ1) is 33.8. The third kappa shape index (κ3) is 5.40. The van der Waals surface area contributed by atoms with Crippen molar-refractivity contribution in [1.82, 2.24) is 0 Å². The zero-order valence-corrected chi connectivity index (χ0v) is 17.2. The molecule has 0 aliphatic rings. The summed E-state index contributed by atoms with van der Waals surface area (Å²) >= 11 is 15.9. The number of ether oxygens (including phenoxy) is 2. The standard InChI is InChI=1S/C10Cl4F18O2/c11-1(15,6(13,22)23)2(12,16)7(14,24)34-9(28,29)4(19,20)3(17,18)5(21,8(25,26)27)33-10(30,31)32. The van der Waals surface area contributed by atoms with Crippen LogP contribution in [-0.4, -0.2) is 57.3 Å². The van der Waals surface area contributed by atoms with E-state index in [0.29, 0.717) is 0 Å². The van der Waals surface area contributed by atoms with Crippen LogP contribution in [0.25, 0.3) is 0 Å². The van der Waals surface area contributed by atoms with Crippen molar-refractivity contribution < 1.29 is 88.5 Å². The van der Waals surface area contributed by atoms with E-state index in [2.05, 4.69) is 46.4 Å². The molecule has 0 spiro atoms. The molecule has 206 valence electrons. The maximum absolute atomic E-state index is 13.9. The Morgan fingerprint density at radius 2 is 0.794 bits per heavy atom. The van der Waals surface area contributed by atoms with E-state index in [0.717, 1.165) is 0 Å². The van der Waals surface area contributed by atoms with Gasteiger partial charge in [0.2, 0.25) is 0 Å². The van der Waals surface area contributed by atoms with Gasteiger partial charge >= 0.3 is 57.3 Å². The molecule has 0 aliphatic heterocycles. The summed E-state index contributed by atoms with van der Waals surface area (Å²) in [5.41, 5.74) is 0. The zero-order chi connectivity index (χ0) is 28.4. The Morgan fingerprint density at radius 1 is 0.441 bits per heavy atom. The van der Waals surface area contributed by atoms with E-state index in [9.17, 15) is 79.0 Å². The molecule has 0 saturated carbocycles. The van der Waals surface area contributed by atoms with Gasteiger partial charge in [-0.1, -0.05) is 23.2 Å². The minimum atomic E-state index is -8.50. The lowest BCUT2D eigenvalue weighted by Crippen LogP contribution is -2.71. The van der Waals surface area contributed by atoms with Gasteiger partial charge in [-0.25, -0.2) is 13.5 Å². The van der Waals surface area contributed by atoms with Crippen molar-refractivity contribution in [1.29, 1.82) is 0 Å². The van der Waals surface area contributed by atoms with Gasteiger partial charge < -0.3 is 0 Å². The summed E-state index contributed by atoms with van der Waals surface area (Å²) in [4.78, 5) is 0. The summed E-state index contributed by atoms with van der Waals surface area (Å²) in [6.45, 7) is 0. The Bertz CT molecular complexity index is 740. The quantitative estimate of drug-likeness (QED) is 0.188. The van der Waals surface area contributed by atoms with Crippen molar-refractivity contribution in [3.05, 3.63) is 0 Å². The Kier molecular flexibility index (Phi) is 8.65. The van der Waals surface area contributed by atoms with E-state index >= 15 is 0 Å². The molecule has 2 nitrogen and oxygen atoms in total. The predicted molar refractivity (Wildman–Crippen MR) is 72.8 cm³/mol. The molecule has 0 fully saturated rings. The molecule has 0 bridgehead atoms. The lowest BCUT2D eigenvalue weighted by atomic mass is 10.0. The fourth-order valence-corrected chi connectivity index (χ4v) is 2.23. The van der Waals surface area contributed by atoms with Crippen LogP contribution in [0.4, 0.5) is 79.0 Å². The Labute approximate surface area is 192 Å². The van der Waals surface area contributed by atoms with Gasteiger partial charge in [-0.3, -0.25) is 4.74 Å². The number of hydrogen-bond donors (Lipinski definition) is 0. The molecule has 0 saturated heterocycles. The van der Waals surface area contributed by atoms with Gasteiger partial charge in [0.05, 0.1) is 0 Å². The van der Waals surface area contributed by atoms with Gasteiger partial charge in [0.1, 0.15) is 0 Å². The minimum absolute atomic E-state index is 1.20. The summed E-state index contributed by atoms with van der Waals surface area (Å²) in [7, 11) is 0. The molecule has 0 heterocycles. The molecule has 0 radical (unpaired) electrons. The van der Waals surface area contributed by atoms with Gasteiger partial charge in [-0.05, 0) is 23.2 Å². The molecule has 0 aromatic rings. The molecule has 0 aromatic carbocycles. The van der Waals surface area contributed by atoms with E-state index < -0.39 is 57.3 Å². The van der Waals surface area contributed by atoms with Gasteiger partial charge in [0.25, 0.3) is 0 Å². The van der Waals surface area contributed by atoms with Gasteiger partial charge in [0.15, 0.2) is 0 Å². The second kappa shape index (κ2) is 8.70. The average Bonchev–Trinajstić information content (AvgIpc) is 2.48. The highest BCUT2D eigenvalue weighted by Crippen LogP contribution is 2.62. The number of halogens is 22. The van der Waals surface area contributed by atoms with Crippen LogP contribution >= 0.6 is 46.4 Å². The van der Waals surface area contributed by atoms with E-state index in [-0.39, 0.29) is 0 Å². The summed E-state index contributed by atoms with van der Waals surface area (Å²) in [6, 6.07) is 0. The molecular weight excluding hydrogens is 636 g/mol. The average molecular weight is 636 g/mol. The van der Waals surface area contributed by atoms with Gasteiger partial charge in [-0.15, -0.1) is 13.2 Å². The SMILES string of the molecule is FC(F)(F)OC(F)(C(F)(F)F)C(F)(F)C(F)(F)C(F)(F)OC(F)(Cl)C(F)(Cl)C(F)(Cl)C(F)(F)Cl. The number of rotatable bonds is 9. The van der Waals surface area contributed by atoms with Crippen LogP contribution in [0.1, 0.15) is 0 Å². The Morgan fingerprint density at radius 3 is 1.06 bits per heavy atom. The van der Waals surface area contributed by atoms with Gasteiger partial charge in [-0.2, -0.15) is 57.1 Å². The summed E-state index contributed by atoms with van der Waals surface area (Å²) in [5, 5.41) is -25.0. The van der Waals surface area contributed by atoms with Crippen LogP contribution in [0.15, 0.2) is 0 Å². The molecule has 24 heteroatoms. The maximum Gasteiger partial charge on any atom is 0.525 e. The van der Waals surface area contributed by atoms with Crippen LogP contribution in [0, 0.1) is 0 Å². The molecular formula is C10Cl4F18O2. The zero-order valence-electron chi connectivity index (χ0n) is 14.1. The topological polar surface area (TPSA) is 18.5 Å². The third-order valence-electron chi connectivity index (χ3n) is 3.16. The summed E-state index contributed by atoms with van der Waals surface area (Å²) < 4.78 is 237. The summed E-state index contributed by atoms with van der Waals surface area (Å²) in [5.74, 6) is -25.0. The third-order valence-corrected chi connectivity index (χ3v) is 5.05. The molecule has 0 amide bonds. The lowest BCUT2D eigenvalue weighted by Gasteiger charge is -2.43. The van der Waals surface area contributed by atoms with Crippen LogP contribution in [-0.2, 0) is 9.47 Å². The van der Waals surface area contributed by atoms with Crippen molar-refractivity contribution >= 4 is 46.4 Å².